The largest absolute Gasteiger partial charge is 0.304 e. The molecule has 0 bridgehead atoms. The van der Waals surface area contributed by atoms with E-state index in [9.17, 15) is 18.0 Å². The molecule has 3 aromatic carbocycles. The van der Waals surface area contributed by atoms with Crippen molar-refractivity contribution in [1.82, 2.24) is 0 Å². The predicted octanol–water partition coefficient (Wildman–Crippen LogP) is 3.72. The van der Waals surface area contributed by atoms with Gasteiger partial charge >= 0.3 is 0 Å². The first-order valence-electron chi connectivity index (χ1n) is 10.9. The fraction of sp³-hybridized carbons (Fsp3) is 0.231. The molecule has 5 rings (SSSR count). The SMILES string of the molecule is CCc1cccc(N2C(=O)CS(=O)(=O)[C@]23C(=O)N(Cc2ccc(C)cc2)c2ccccc23)c1. The van der Waals surface area contributed by atoms with Gasteiger partial charge in [-0.15, -0.1) is 0 Å². The van der Waals surface area contributed by atoms with Gasteiger partial charge in [0.15, 0.2) is 9.84 Å². The molecule has 1 saturated heterocycles. The number of para-hydroxylation sites is 1. The van der Waals surface area contributed by atoms with Gasteiger partial charge in [-0.25, -0.2) is 8.42 Å². The van der Waals surface area contributed by atoms with E-state index in [1.54, 1.807) is 42.5 Å². The Morgan fingerprint density at radius 3 is 2.36 bits per heavy atom. The predicted molar refractivity (Wildman–Crippen MR) is 128 cm³/mol. The Labute approximate surface area is 193 Å². The third kappa shape index (κ3) is 3.03. The van der Waals surface area contributed by atoms with Crippen LogP contribution in [0.15, 0.2) is 72.8 Å². The molecule has 6 nitrogen and oxygen atoms in total. The number of hydrogen-bond donors (Lipinski definition) is 0. The number of fused-ring (bicyclic) bond motifs is 2. The van der Waals surface area contributed by atoms with Crippen molar-refractivity contribution in [2.75, 3.05) is 15.6 Å². The van der Waals surface area contributed by atoms with Gasteiger partial charge in [-0.2, -0.15) is 0 Å². The zero-order valence-electron chi connectivity index (χ0n) is 18.5. The van der Waals surface area contributed by atoms with Gasteiger partial charge in [0.1, 0.15) is 5.75 Å². The Kier molecular flexibility index (Phi) is 4.90. The number of carbonyl (C=O) groups excluding carboxylic acids is 2. The summed E-state index contributed by atoms with van der Waals surface area (Å²) in [5, 5.41) is 0. The smallest absolute Gasteiger partial charge is 0.274 e. The van der Waals surface area contributed by atoms with Crippen LogP contribution in [0.25, 0.3) is 0 Å². The van der Waals surface area contributed by atoms with Gasteiger partial charge < -0.3 is 4.90 Å². The van der Waals surface area contributed by atoms with Crippen LogP contribution in [-0.2, 0) is 37.3 Å². The monoisotopic (exact) mass is 460 g/mol. The van der Waals surface area contributed by atoms with Crippen LogP contribution in [-0.4, -0.2) is 26.0 Å². The van der Waals surface area contributed by atoms with E-state index < -0.39 is 32.3 Å². The van der Waals surface area contributed by atoms with Crippen LogP contribution >= 0.6 is 0 Å². The lowest BCUT2D eigenvalue weighted by Crippen LogP contribution is -2.54. The van der Waals surface area contributed by atoms with Crippen LogP contribution in [0, 0.1) is 6.92 Å². The van der Waals surface area contributed by atoms with Crippen LogP contribution in [0.3, 0.4) is 0 Å². The van der Waals surface area contributed by atoms with E-state index in [0.717, 1.165) is 23.1 Å². The number of benzene rings is 3. The molecule has 0 aromatic heterocycles. The zero-order valence-corrected chi connectivity index (χ0v) is 19.3. The van der Waals surface area contributed by atoms with Gasteiger partial charge in [-0.05, 0) is 42.7 Å². The highest BCUT2D eigenvalue weighted by atomic mass is 32.2. The third-order valence-electron chi connectivity index (χ3n) is 6.46. The molecule has 0 aliphatic carbocycles. The second-order valence-corrected chi connectivity index (χ2v) is 10.7. The molecule has 2 aliphatic heterocycles. The number of hydrogen-bond acceptors (Lipinski definition) is 4. The van der Waals surface area contributed by atoms with Crippen molar-refractivity contribution in [2.24, 2.45) is 0 Å². The summed E-state index contributed by atoms with van der Waals surface area (Å²) in [5.74, 6) is -1.91. The molecule has 1 fully saturated rings. The summed E-state index contributed by atoms with van der Waals surface area (Å²) in [7, 11) is -4.16. The standard InChI is InChI=1S/C26H24N2O4S/c1-3-19-7-6-8-21(15-19)28-24(29)17-33(31,32)26(28)22-9-4-5-10-23(22)27(25(26)30)16-20-13-11-18(2)12-14-20/h4-15H,3,16-17H2,1-2H3/t26-/m1/s1. The maximum atomic E-state index is 14.1. The molecule has 7 heteroatoms. The molecule has 2 aliphatic rings. The molecule has 1 atom stereocenters. The lowest BCUT2D eigenvalue weighted by Gasteiger charge is -2.33. The van der Waals surface area contributed by atoms with Crippen molar-refractivity contribution < 1.29 is 18.0 Å². The minimum Gasteiger partial charge on any atom is -0.304 e. The first kappa shape index (κ1) is 21.4. The number of nitrogens with zero attached hydrogens (tertiary/aromatic N) is 2. The maximum Gasteiger partial charge on any atom is 0.274 e. The van der Waals surface area contributed by atoms with Gasteiger partial charge in [-0.3, -0.25) is 14.5 Å². The average Bonchev–Trinajstić information content (AvgIpc) is 3.18. The van der Waals surface area contributed by atoms with E-state index in [-0.39, 0.29) is 6.54 Å². The lowest BCUT2D eigenvalue weighted by molar-refractivity contribution is -0.123. The summed E-state index contributed by atoms with van der Waals surface area (Å²) < 4.78 is 27.3. The topological polar surface area (TPSA) is 74.8 Å². The molecule has 0 unspecified atom stereocenters. The van der Waals surface area contributed by atoms with Gasteiger partial charge in [0.05, 0.1) is 12.2 Å². The number of sulfone groups is 1. The molecular weight excluding hydrogens is 436 g/mol. The number of carbonyl (C=O) groups is 2. The molecular formula is C26H24N2O4S. The second-order valence-electron chi connectivity index (χ2n) is 8.55. The number of amides is 2. The Hall–Kier alpha value is -3.45. The summed E-state index contributed by atoms with van der Waals surface area (Å²) in [6.45, 7) is 4.18. The average molecular weight is 461 g/mol. The normalized spacial score (nSPS) is 21.2. The summed E-state index contributed by atoms with van der Waals surface area (Å²) in [5.41, 5.74) is 4.18. The Balaban J connectivity index is 1.72. The fourth-order valence-electron chi connectivity index (χ4n) is 4.84. The molecule has 3 aromatic rings. The van der Waals surface area contributed by atoms with E-state index in [1.165, 1.54) is 9.80 Å². The molecule has 2 heterocycles. The van der Waals surface area contributed by atoms with E-state index in [2.05, 4.69) is 0 Å². The molecule has 0 N–H and O–H groups in total. The Morgan fingerprint density at radius 1 is 0.909 bits per heavy atom. The van der Waals surface area contributed by atoms with Gasteiger partial charge in [-0.1, -0.05) is 67.1 Å². The van der Waals surface area contributed by atoms with Crippen molar-refractivity contribution in [3.8, 4) is 0 Å². The third-order valence-corrected chi connectivity index (χ3v) is 8.57. The second kappa shape index (κ2) is 7.56. The van der Waals surface area contributed by atoms with Crippen molar-refractivity contribution in [3.63, 3.8) is 0 Å². The van der Waals surface area contributed by atoms with E-state index >= 15 is 0 Å². The highest BCUT2D eigenvalue weighted by Gasteiger charge is 2.69. The minimum absolute atomic E-state index is 0.213. The first-order valence-corrected chi connectivity index (χ1v) is 12.6. The summed E-state index contributed by atoms with van der Waals surface area (Å²) in [4.78, 5) is 27.9. The molecule has 0 saturated carbocycles. The highest BCUT2D eigenvalue weighted by molar-refractivity contribution is 7.94. The van der Waals surface area contributed by atoms with Crippen LogP contribution in [0.1, 0.15) is 29.2 Å². The van der Waals surface area contributed by atoms with Crippen LogP contribution < -0.4 is 9.80 Å². The van der Waals surface area contributed by atoms with Crippen molar-refractivity contribution in [2.45, 2.75) is 31.7 Å². The number of rotatable bonds is 4. The summed E-state index contributed by atoms with van der Waals surface area (Å²) in [6, 6.07) is 21.8. The molecule has 2 amide bonds. The van der Waals surface area contributed by atoms with E-state index in [1.807, 2.05) is 44.2 Å². The van der Waals surface area contributed by atoms with Gasteiger partial charge in [0.2, 0.25) is 5.91 Å². The summed E-state index contributed by atoms with van der Waals surface area (Å²) in [6.07, 6.45) is 0.722. The fourth-order valence-corrected chi connectivity index (χ4v) is 6.87. The van der Waals surface area contributed by atoms with Crippen molar-refractivity contribution in [3.05, 3.63) is 95.1 Å². The molecule has 33 heavy (non-hydrogen) atoms. The van der Waals surface area contributed by atoms with E-state index in [0.29, 0.717) is 16.9 Å². The van der Waals surface area contributed by atoms with Crippen LogP contribution in [0.2, 0.25) is 0 Å². The Bertz CT molecular complexity index is 1380. The first-order chi connectivity index (χ1) is 15.8. The zero-order chi connectivity index (χ0) is 23.4. The van der Waals surface area contributed by atoms with E-state index in [4.69, 9.17) is 0 Å². The van der Waals surface area contributed by atoms with Gasteiger partial charge in [0, 0.05) is 11.3 Å². The van der Waals surface area contributed by atoms with Crippen LogP contribution in [0.5, 0.6) is 0 Å². The quantitative estimate of drug-likeness (QED) is 0.595. The minimum atomic E-state index is -4.16. The van der Waals surface area contributed by atoms with Crippen molar-refractivity contribution in [1.29, 1.82) is 0 Å². The van der Waals surface area contributed by atoms with Crippen LogP contribution in [0.4, 0.5) is 11.4 Å². The molecule has 0 radical (unpaired) electrons. The maximum absolute atomic E-state index is 14.1. The number of anilines is 2. The highest BCUT2D eigenvalue weighted by Crippen LogP contribution is 2.52. The summed E-state index contributed by atoms with van der Waals surface area (Å²) >= 11 is 0. The Morgan fingerprint density at radius 2 is 1.64 bits per heavy atom. The number of aryl methyl sites for hydroxylation is 2. The van der Waals surface area contributed by atoms with Crippen molar-refractivity contribution >= 4 is 33.0 Å². The molecule has 1 spiro atoms. The molecule has 168 valence electrons. The van der Waals surface area contributed by atoms with Gasteiger partial charge in [0.25, 0.3) is 10.8 Å². The lowest BCUT2D eigenvalue weighted by atomic mass is 10.0.